The molecule has 0 amide bonds. The van der Waals surface area contributed by atoms with Gasteiger partial charge in [-0.15, -0.1) is 11.3 Å². The number of nitrogens with one attached hydrogen (secondary N) is 1. The van der Waals surface area contributed by atoms with Gasteiger partial charge in [0.1, 0.15) is 0 Å². The molecule has 2 aromatic rings. The lowest BCUT2D eigenvalue weighted by molar-refractivity contribution is 0.700. The minimum atomic E-state index is 0.841. The van der Waals surface area contributed by atoms with Gasteiger partial charge in [0, 0.05) is 26.9 Å². The number of hydrogen-bond donors (Lipinski definition) is 1. The Morgan fingerprint density at radius 2 is 1.88 bits per heavy atom. The molecule has 0 aliphatic rings. The summed E-state index contributed by atoms with van der Waals surface area (Å²) in [6.07, 6.45) is 0. The minimum Gasteiger partial charge on any atom is -0.308 e. The molecule has 0 fully saturated rings. The fourth-order valence-corrected chi connectivity index (χ4v) is 3.16. The molecule has 1 nitrogen and oxygen atoms in total. The second-order valence-electron chi connectivity index (χ2n) is 3.56. The van der Waals surface area contributed by atoms with E-state index in [-0.39, 0.29) is 0 Å². The molecule has 0 aliphatic heterocycles. The van der Waals surface area contributed by atoms with Gasteiger partial charge in [0.2, 0.25) is 0 Å². The molecule has 0 spiro atoms. The van der Waals surface area contributed by atoms with Gasteiger partial charge in [-0.3, -0.25) is 0 Å². The Kier molecular flexibility index (Phi) is 5.06. The molecule has 1 aromatic heterocycles. The third-order valence-corrected chi connectivity index (χ3v) is 5.35. The highest BCUT2D eigenvalue weighted by molar-refractivity contribution is 9.13. The largest absolute Gasteiger partial charge is 0.308 e. The molecule has 0 bridgehead atoms. The molecule has 17 heavy (non-hydrogen) atoms. The Morgan fingerprint density at radius 1 is 1.06 bits per heavy atom. The van der Waals surface area contributed by atoms with Crippen LogP contribution in [0.1, 0.15) is 10.4 Å². The first-order valence-electron chi connectivity index (χ1n) is 5.04. The van der Waals surface area contributed by atoms with Gasteiger partial charge < -0.3 is 5.32 Å². The molecule has 5 heteroatoms. The summed E-state index contributed by atoms with van der Waals surface area (Å²) in [6, 6.07) is 10.2. The third kappa shape index (κ3) is 4.07. The molecule has 0 aliphatic carbocycles. The maximum Gasteiger partial charge on any atom is 0.0931 e. The first-order valence-corrected chi connectivity index (χ1v) is 7.82. The Bertz CT molecular complexity index is 513. The van der Waals surface area contributed by atoms with Crippen LogP contribution in [0.5, 0.6) is 0 Å². The molecule has 0 unspecified atom stereocenters. The van der Waals surface area contributed by atoms with E-state index in [1.54, 1.807) is 11.3 Å². The van der Waals surface area contributed by atoms with E-state index in [0.717, 1.165) is 26.4 Å². The van der Waals surface area contributed by atoms with E-state index in [9.17, 15) is 0 Å². The minimum absolute atomic E-state index is 0.841. The molecule has 1 heterocycles. The van der Waals surface area contributed by atoms with Crippen molar-refractivity contribution >= 4 is 54.8 Å². The molecule has 0 atom stereocenters. The summed E-state index contributed by atoms with van der Waals surface area (Å²) < 4.78 is 3.00. The zero-order chi connectivity index (χ0) is 12.3. The molecular weight excluding hydrogens is 385 g/mol. The van der Waals surface area contributed by atoms with Crippen LogP contribution in [0.4, 0.5) is 0 Å². The number of rotatable bonds is 4. The van der Waals surface area contributed by atoms with Crippen LogP contribution in [0.3, 0.4) is 0 Å². The van der Waals surface area contributed by atoms with Crippen molar-refractivity contribution in [2.24, 2.45) is 0 Å². The standard InChI is InChI=1S/C12H10Br2ClNS/c13-10-3-1-8(5-11(10)14)6-16-7-9-2-4-12(15)17-9/h1-5,16H,6-7H2. The van der Waals surface area contributed by atoms with Crippen molar-refractivity contribution < 1.29 is 0 Å². The summed E-state index contributed by atoms with van der Waals surface area (Å²) in [4.78, 5) is 1.26. The normalized spacial score (nSPS) is 10.8. The summed E-state index contributed by atoms with van der Waals surface area (Å²) in [7, 11) is 0. The lowest BCUT2D eigenvalue weighted by Crippen LogP contribution is -2.11. The predicted octanol–water partition coefficient (Wildman–Crippen LogP) is 5.22. The smallest absolute Gasteiger partial charge is 0.0931 e. The van der Waals surface area contributed by atoms with Crippen molar-refractivity contribution in [1.82, 2.24) is 5.32 Å². The fraction of sp³-hybridized carbons (Fsp3) is 0.167. The van der Waals surface area contributed by atoms with Crippen molar-refractivity contribution in [1.29, 1.82) is 0 Å². The van der Waals surface area contributed by atoms with Gasteiger partial charge in [-0.2, -0.15) is 0 Å². The van der Waals surface area contributed by atoms with Crippen molar-refractivity contribution in [2.45, 2.75) is 13.1 Å². The van der Waals surface area contributed by atoms with Gasteiger partial charge in [-0.1, -0.05) is 17.7 Å². The number of hydrogen-bond acceptors (Lipinski definition) is 2. The lowest BCUT2D eigenvalue weighted by atomic mass is 10.2. The van der Waals surface area contributed by atoms with Crippen LogP contribution in [-0.4, -0.2) is 0 Å². The maximum absolute atomic E-state index is 5.87. The van der Waals surface area contributed by atoms with Gasteiger partial charge in [-0.05, 0) is 61.7 Å². The van der Waals surface area contributed by atoms with Crippen LogP contribution in [0.15, 0.2) is 39.3 Å². The van der Waals surface area contributed by atoms with Crippen molar-refractivity contribution in [2.75, 3.05) is 0 Å². The van der Waals surface area contributed by atoms with Gasteiger partial charge in [0.15, 0.2) is 0 Å². The van der Waals surface area contributed by atoms with Gasteiger partial charge in [0.25, 0.3) is 0 Å². The highest BCUT2D eigenvalue weighted by Gasteiger charge is 2.00. The first-order chi connectivity index (χ1) is 8.15. The van der Waals surface area contributed by atoms with Crippen LogP contribution in [-0.2, 0) is 13.1 Å². The van der Waals surface area contributed by atoms with Gasteiger partial charge in [0.05, 0.1) is 4.34 Å². The number of halogens is 3. The van der Waals surface area contributed by atoms with Crippen LogP contribution in [0.25, 0.3) is 0 Å². The molecule has 1 N–H and O–H groups in total. The van der Waals surface area contributed by atoms with Crippen LogP contribution in [0, 0.1) is 0 Å². The maximum atomic E-state index is 5.87. The van der Waals surface area contributed by atoms with Crippen LogP contribution in [0.2, 0.25) is 4.34 Å². The Labute approximate surface area is 126 Å². The monoisotopic (exact) mass is 393 g/mol. The van der Waals surface area contributed by atoms with E-state index in [0.29, 0.717) is 0 Å². The second kappa shape index (κ2) is 6.34. The fourth-order valence-electron chi connectivity index (χ4n) is 1.43. The van der Waals surface area contributed by atoms with Crippen LogP contribution < -0.4 is 5.32 Å². The average molecular weight is 396 g/mol. The summed E-state index contributed by atoms with van der Waals surface area (Å²) in [5.41, 5.74) is 1.25. The van der Waals surface area contributed by atoms with Crippen molar-refractivity contribution in [3.63, 3.8) is 0 Å². The highest BCUT2D eigenvalue weighted by atomic mass is 79.9. The quantitative estimate of drug-likeness (QED) is 0.749. The molecule has 2 rings (SSSR count). The van der Waals surface area contributed by atoms with E-state index >= 15 is 0 Å². The molecule has 0 radical (unpaired) electrons. The third-order valence-electron chi connectivity index (χ3n) is 2.24. The van der Waals surface area contributed by atoms with Crippen molar-refractivity contribution in [3.05, 3.63) is 54.1 Å². The number of benzene rings is 1. The van der Waals surface area contributed by atoms with E-state index in [1.165, 1.54) is 10.4 Å². The zero-order valence-corrected chi connectivity index (χ0v) is 13.6. The zero-order valence-electron chi connectivity index (χ0n) is 8.84. The predicted molar refractivity (Wildman–Crippen MR) is 81.7 cm³/mol. The molecular formula is C12H10Br2ClNS. The summed E-state index contributed by atoms with van der Waals surface area (Å²) in [5.74, 6) is 0. The molecule has 0 saturated heterocycles. The van der Waals surface area contributed by atoms with Gasteiger partial charge >= 0.3 is 0 Å². The molecule has 0 saturated carbocycles. The van der Waals surface area contributed by atoms with E-state index in [4.69, 9.17) is 11.6 Å². The number of thiophene rings is 1. The topological polar surface area (TPSA) is 12.0 Å². The van der Waals surface area contributed by atoms with Crippen LogP contribution >= 0.6 is 54.8 Å². The Morgan fingerprint density at radius 3 is 2.53 bits per heavy atom. The summed E-state index contributed by atoms with van der Waals surface area (Å²) in [6.45, 7) is 1.70. The Hall–Kier alpha value is 0.130. The highest BCUT2D eigenvalue weighted by Crippen LogP contribution is 2.24. The first kappa shape index (κ1) is 13.6. The lowest BCUT2D eigenvalue weighted by Gasteiger charge is -2.05. The second-order valence-corrected chi connectivity index (χ2v) is 7.07. The molecule has 1 aromatic carbocycles. The summed E-state index contributed by atoms with van der Waals surface area (Å²) in [5, 5.41) is 3.39. The molecule has 90 valence electrons. The van der Waals surface area contributed by atoms with E-state index in [2.05, 4.69) is 55.4 Å². The van der Waals surface area contributed by atoms with Gasteiger partial charge in [-0.25, -0.2) is 0 Å². The van der Waals surface area contributed by atoms with E-state index < -0.39 is 0 Å². The van der Waals surface area contributed by atoms with E-state index in [1.807, 2.05) is 12.1 Å². The average Bonchev–Trinajstić information content (AvgIpc) is 2.70. The SMILES string of the molecule is Clc1ccc(CNCc2ccc(Br)c(Br)c2)s1. The summed E-state index contributed by atoms with van der Waals surface area (Å²) >= 11 is 14.4. The Balaban J connectivity index is 1.87. The van der Waals surface area contributed by atoms with Crippen molar-refractivity contribution in [3.8, 4) is 0 Å².